The van der Waals surface area contributed by atoms with Crippen molar-refractivity contribution >= 4 is 11.6 Å². The minimum absolute atomic E-state index is 0.105. The summed E-state index contributed by atoms with van der Waals surface area (Å²) in [7, 11) is 0. The van der Waals surface area contributed by atoms with Crippen molar-refractivity contribution in [3.63, 3.8) is 0 Å². The van der Waals surface area contributed by atoms with Crippen LogP contribution in [-0.2, 0) is 19.5 Å². The van der Waals surface area contributed by atoms with Crippen LogP contribution in [0, 0.1) is 0 Å². The van der Waals surface area contributed by atoms with Crippen molar-refractivity contribution in [1.29, 1.82) is 0 Å². The Balaban J connectivity index is 1.60. The predicted molar refractivity (Wildman–Crippen MR) is 103 cm³/mol. The first kappa shape index (κ1) is 17.6. The highest BCUT2D eigenvalue weighted by atomic mass is 35.5. The molecule has 2 heterocycles. The number of rotatable bonds is 3. The normalized spacial score (nSPS) is 14.1. The molecule has 27 heavy (non-hydrogen) atoms. The fraction of sp³-hybridized carbons (Fsp3) is 0.200. The third-order valence-corrected chi connectivity index (χ3v) is 4.97. The summed E-state index contributed by atoms with van der Waals surface area (Å²) in [6.07, 6.45) is 0.614. The Morgan fingerprint density at radius 3 is 2.63 bits per heavy atom. The van der Waals surface area contributed by atoms with Gasteiger partial charge in [0, 0.05) is 35.8 Å². The van der Waals surface area contributed by atoms with Gasteiger partial charge in [0.05, 0.1) is 5.69 Å². The number of halogens is 1. The fourth-order valence-electron chi connectivity index (χ4n) is 3.30. The molecule has 0 atom stereocenters. The number of phenols is 2. The SMILES string of the molecule is O=c1[nH]c(-c2ccc(Cl)cc2)nc2c1CCN(Cc1ccc(O)c(O)c1)C2. The van der Waals surface area contributed by atoms with Crippen LogP contribution in [0.4, 0.5) is 0 Å². The maximum atomic E-state index is 12.5. The monoisotopic (exact) mass is 383 g/mol. The van der Waals surface area contributed by atoms with Gasteiger partial charge >= 0.3 is 0 Å². The van der Waals surface area contributed by atoms with Gasteiger partial charge in [-0.25, -0.2) is 4.98 Å². The molecule has 6 nitrogen and oxygen atoms in total. The van der Waals surface area contributed by atoms with Gasteiger partial charge in [0.15, 0.2) is 11.5 Å². The standard InChI is InChI=1S/C20H18ClN3O3/c21-14-4-2-13(3-5-14)19-22-16-11-24(8-7-15(16)20(27)23-19)10-12-1-6-17(25)18(26)9-12/h1-6,9,25-26H,7-8,10-11H2,(H,22,23,27). The second kappa shape index (κ2) is 7.06. The van der Waals surface area contributed by atoms with Crippen LogP contribution in [0.1, 0.15) is 16.8 Å². The average Bonchev–Trinajstić information content (AvgIpc) is 2.65. The molecule has 3 N–H and O–H groups in total. The first-order valence-electron chi connectivity index (χ1n) is 8.61. The Bertz CT molecular complexity index is 1050. The molecule has 0 unspecified atom stereocenters. The van der Waals surface area contributed by atoms with Gasteiger partial charge in [-0.15, -0.1) is 0 Å². The van der Waals surface area contributed by atoms with E-state index in [0.717, 1.165) is 28.9 Å². The molecule has 138 valence electrons. The summed E-state index contributed by atoms with van der Waals surface area (Å²) in [5, 5.41) is 19.7. The second-order valence-electron chi connectivity index (χ2n) is 6.63. The maximum Gasteiger partial charge on any atom is 0.254 e. The number of nitrogens with one attached hydrogen (secondary N) is 1. The van der Waals surface area contributed by atoms with Crippen LogP contribution < -0.4 is 5.56 Å². The zero-order chi connectivity index (χ0) is 19.0. The van der Waals surface area contributed by atoms with Crippen LogP contribution in [0.5, 0.6) is 11.5 Å². The molecule has 0 saturated carbocycles. The van der Waals surface area contributed by atoms with Crippen molar-refractivity contribution in [3.8, 4) is 22.9 Å². The number of nitrogens with zero attached hydrogens (tertiary/aromatic N) is 2. The van der Waals surface area contributed by atoms with E-state index >= 15 is 0 Å². The summed E-state index contributed by atoms with van der Waals surface area (Å²) in [6.45, 7) is 1.86. The van der Waals surface area contributed by atoms with Crippen molar-refractivity contribution in [3.05, 3.63) is 74.7 Å². The number of hydrogen-bond donors (Lipinski definition) is 3. The summed E-state index contributed by atoms with van der Waals surface area (Å²) in [5.74, 6) is 0.257. The largest absolute Gasteiger partial charge is 0.504 e. The van der Waals surface area contributed by atoms with Crippen LogP contribution in [0.3, 0.4) is 0 Å². The van der Waals surface area contributed by atoms with Gasteiger partial charge in [-0.3, -0.25) is 9.69 Å². The topological polar surface area (TPSA) is 89.5 Å². The van der Waals surface area contributed by atoms with Crippen LogP contribution in [0.15, 0.2) is 47.3 Å². The summed E-state index contributed by atoms with van der Waals surface area (Å²) < 4.78 is 0. The van der Waals surface area contributed by atoms with Gasteiger partial charge in [-0.05, 0) is 48.4 Å². The lowest BCUT2D eigenvalue weighted by Crippen LogP contribution is -2.35. The molecule has 1 aliphatic rings. The molecule has 1 aromatic heterocycles. The minimum atomic E-state index is -0.136. The van der Waals surface area contributed by atoms with E-state index in [4.69, 9.17) is 11.6 Å². The lowest BCUT2D eigenvalue weighted by molar-refractivity contribution is 0.240. The van der Waals surface area contributed by atoms with Crippen molar-refractivity contribution < 1.29 is 10.2 Å². The molecule has 0 aliphatic carbocycles. The van der Waals surface area contributed by atoms with Gasteiger partial charge in [-0.2, -0.15) is 0 Å². The summed E-state index contributed by atoms with van der Waals surface area (Å²) in [4.78, 5) is 22.2. The van der Waals surface area contributed by atoms with E-state index in [-0.39, 0.29) is 17.1 Å². The van der Waals surface area contributed by atoms with Crippen LogP contribution >= 0.6 is 11.6 Å². The molecule has 0 bridgehead atoms. The third kappa shape index (κ3) is 3.67. The molecular formula is C20H18ClN3O3. The van der Waals surface area contributed by atoms with E-state index in [0.29, 0.717) is 30.4 Å². The molecule has 2 aromatic carbocycles. The summed E-state index contributed by atoms with van der Waals surface area (Å²) >= 11 is 5.93. The Morgan fingerprint density at radius 2 is 1.89 bits per heavy atom. The Labute approximate surface area is 160 Å². The molecule has 0 fully saturated rings. The molecule has 1 aliphatic heterocycles. The predicted octanol–water partition coefficient (Wildman–Crippen LogP) is 3.06. The van der Waals surface area contributed by atoms with Crippen molar-refractivity contribution in [1.82, 2.24) is 14.9 Å². The van der Waals surface area contributed by atoms with E-state index in [9.17, 15) is 15.0 Å². The molecule has 0 amide bonds. The number of aromatic amines is 1. The van der Waals surface area contributed by atoms with Crippen molar-refractivity contribution in [2.45, 2.75) is 19.5 Å². The molecule has 0 spiro atoms. The van der Waals surface area contributed by atoms with Crippen molar-refractivity contribution in [2.24, 2.45) is 0 Å². The van der Waals surface area contributed by atoms with E-state index < -0.39 is 0 Å². The van der Waals surface area contributed by atoms with Gasteiger partial charge in [0.2, 0.25) is 0 Å². The van der Waals surface area contributed by atoms with E-state index in [1.807, 2.05) is 12.1 Å². The highest BCUT2D eigenvalue weighted by molar-refractivity contribution is 6.30. The molecule has 0 radical (unpaired) electrons. The maximum absolute atomic E-state index is 12.5. The first-order chi connectivity index (χ1) is 13.0. The van der Waals surface area contributed by atoms with Gasteiger partial charge in [-0.1, -0.05) is 17.7 Å². The lowest BCUT2D eigenvalue weighted by atomic mass is 10.0. The van der Waals surface area contributed by atoms with E-state index in [1.165, 1.54) is 6.07 Å². The molecule has 3 aromatic rings. The lowest BCUT2D eigenvalue weighted by Gasteiger charge is -2.27. The van der Waals surface area contributed by atoms with Gasteiger partial charge in [0.1, 0.15) is 5.82 Å². The number of phenolic OH excluding ortho intramolecular Hbond substituents is 2. The highest BCUT2D eigenvalue weighted by Crippen LogP contribution is 2.27. The molecule has 7 heteroatoms. The number of aromatic nitrogens is 2. The Kier molecular flexibility index (Phi) is 4.59. The fourth-order valence-corrected chi connectivity index (χ4v) is 3.42. The third-order valence-electron chi connectivity index (χ3n) is 4.72. The zero-order valence-electron chi connectivity index (χ0n) is 14.4. The average molecular weight is 384 g/mol. The molecule has 4 rings (SSSR count). The second-order valence-corrected chi connectivity index (χ2v) is 7.07. The molecule has 0 saturated heterocycles. The smallest absolute Gasteiger partial charge is 0.254 e. The number of fused-ring (bicyclic) bond motifs is 1. The van der Waals surface area contributed by atoms with E-state index in [1.54, 1.807) is 24.3 Å². The first-order valence-corrected chi connectivity index (χ1v) is 8.98. The van der Waals surface area contributed by atoms with E-state index in [2.05, 4.69) is 14.9 Å². The highest BCUT2D eigenvalue weighted by Gasteiger charge is 2.21. The number of hydrogen-bond acceptors (Lipinski definition) is 5. The Morgan fingerprint density at radius 1 is 1.11 bits per heavy atom. The van der Waals surface area contributed by atoms with Crippen LogP contribution in [0.25, 0.3) is 11.4 Å². The van der Waals surface area contributed by atoms with Crippen LogP contribution in [0.2, 0.25) is 5.02 Å². The number of H-pyrrole nitrogens is 1. The van der Waals surface area contributed by atoms with Gasteiger partial charge in [0.25, 0.3) is 5.56 Å². The van der Waals surface area contributed by atoms with Gasteiger partial charge < -0.3 is 15.2 Å². The van der Waals surface area contributed by atoms with Crippen LogP contribution in [-0.4, -0.2) is 31.6 Å². The summed E-state index contributed by atoms with van der Waals surface area (Å²) in [6, 6.07) is 12.0. The Hall–Kier alpha value is -2.83. The zero-order valence-corrected chi connectivity index (χ0v) is 15.2. The minimum Gasteiger partial charge on any atom is -0.504 e. The number of benzene rings is 2. The summed E-state index contributed by atoms with van der Waals surface area (Å²) in [5.41, 5.74) is 3.07. The number of aromatic hydroxyl groups is 2. The van der Waals surface area contributed by atoms with Crippen molar-refractivity contribution in [2.75, 3.05) is 6.54 Å². The molecular weight excluding hydrogens is 366 g/mol. The quantitative estimate of drug-likeness (QED) is 0.605.